The van der Waals surface area contributed by atoms with Gasteiger partial charge in [0.15, 0.2) is 6.29 Å². The van der Waals surface area contributed by atoms with E-state index in [2.05, 4.69) is 16.6 Å². The van der Waals surface area contributed by atoms with Gasteiger partial charge in [0.05, 0.1) is 17.6 Å². The molecule has 6 heteroatoms. The van der Waals surface area contributed by atoms with Crippen LogP contribution >= 0.6 is 0 Å². The fourth-order valence-corrected chi connectivity index (χ4v) is 1.14. The Labute approximate surface area is 96.3 Å². The molecule has 0 N–H and O–H groups in total. The number of hydrogen-bond donors (Lipinski definition) is 0. The van der Waals surface area contributed by atoms with Crippen molar-refractivity contribution in [1.82, 2.24) is 0 Å². The predicted molar refractivity (Wildman–Crippen MR) is 57.4 cm³/mol. The number of esters is 1. The lowest BCUT2D eigenvalue weighted by Crippen LogP contribution is -2.03. The number of methoxy groups -OCH3 is 1. The number of ether oxygens (including phenoxy) is 1. The van der Waals surface area contributed by atoms with Crippen LogP contribution in [0.2, 0.25) is 0 Å². The summed E-state index contributed by atoms with van der Waals surface area (Å²) in [4.78, 5) is 31.3. The third-order valence-electron chi connectivity index (χ3n) is 1.83. The fourth-order valence-electron chi connectivity index (χ4n) is 1.14. The SMILES string of the molecule is COC(=O)c1cc(C#CC=O)cc([N+](=O)[O-])c1. The van der Waals surface area contributed by atoms with Gasteiger partial charge in [0.2, 0.25) is 0 Å². The number of non-ortho nitro benzene ring substituents is 1. The van der Waals surface area contributed by atoms with Gasteiger partial charge in [0, 0.05) is 17.7 Å². The van der Waals surface area contributed by atoms with Crippen LogP contribution in [-0.4, -0.2) is 24.3 Å². The number of nitro groups is 1. The molecule has 0 fully saturated rings. The van der Waals surface area contributed by atoms with E-state index in [1.807, 2.05) is 0 Å². The normalized spacial score (nSPS) is 8.76. The first-order valence-corrected chi connectivity index (χ1v) is 4.41. The van der Waals surface area contributed by atoms with E-state index in [-0.39, 0.29) is 16.8 Å². The van der Waals surface area contributed by atoms with E-state index in [9.17, 15) is 19.7 Å². The number of nitro benzene ring substituents is 1. The van der Waals surface area contributed by atoms with Gasteiger partial charge in [-0.15, -0.1) is 0 Å². The van der Waals surface area contributed by atoms with Crippen molar-refractivity contribution < 1.29 is 19.2 Å². The molecule has 0 saturated heterocycles. The summed E-state index contributed by atoms with van der Waals surface area (Å²) in [5.74, 6) is 3.78. The van der Waals surface area contributed by atoms with Crippen LogP contribution in [0.3, 0.4) is 0 Å². The van der Waals surface area contributed by atoms with E-state index in [1.54, 1.807) is 0 Å². The maximum Gasteiger partial charge on any atom is 0.338 e. The van der Waals surface area contributed by atoms with Crippen molar-refractivity contribution in [3.63, 3.8) is 0 Å². The number of nitrogens with zero attached hydrogens (tertiary/aromatic N) is 1. The van der Waals surface area contributed by atoms with E-state index in [0.717, 1.165) is 13.2 Å². The summed E-state index contributed by atoms with van der Waals surface area (Å²) < 4.78 is 4.45. The quantitative estimate of drug-likeness (QED) is 0.249. The standard InChI is InChI=1S/C11H7NO5/c1-17-11(14)9-5-8(3-2-4-13)6-10(7-9)12(15)16/h4-7H,1H3. The van der Waals surface area contributed by atoms with E-state index in [0.29, 0.717) is 6.29 Å². The third-order valence-corrected chi connectivity index (χ3v) is 1.83. The number of rotatable bonds is 2. The van der Waals surface area contributed by atoms with Crippen LogP contribution in [0, 0.1) is 22.0 Å². The summed E-state index contributed by atoms with van der Waals surface area (Å²) in [5.41, 5.74) is -0.0771. The lowest BCUT2D eigenvalue weighted by Gasteiger charge is -2.00. The number of carbonyl (C=O) groups excluding carboxylic acids is 2. The minimum Gasteiger partial charge on any atom is -0.465 e. The van der Waals surface area contributed by atoms with Gasteiger partial charge >= 0.3 is 5.97 Å². The number of carbonyl (C=O) groups is 2. The molecule has 1 aromatic rings. The average Bonchev–Trinajstić information content (AvgIpc) is 2.34. The Hall–Kier alpha value is -2.68. The molecule has 0 aliphatic heterocycles. The smallest absolute Gasteiger partial charge is 0.338 e. The van der Waals surface area contributed by atoms with Crippen LogP contribution in [-0.2, 0) is 9.53 Å². The molecule has 1 aromatic carbocycles. The minimum atomic E-state index is -0.706. The molecule has 17 heavy (non-hydrogen) atoms. The summed E-state index contributed by atoms with van der Waals surface area (Å²) in [7, 11) is 1.16. The number of aldehydes is 1. The monoisotopic (exact) mass is 233 g/mol. The second-order valence-electron chi connectivity index (χ2n) is 2.90. The van der Waals surface area contributed by atoms with Gasteiger partial charge in [-0.25, -0.2) is 4.79 Å². The average molecular weight is 233 g/mol. The fraction of sp³-hybridized carbons (Fsp3) is 0.0909. The van der Waals surface area contributed by atoms with Crippen LogP contribution in [0.25, 0.3) is 0 Å². The summed E-state index contributed by atoms with van der Waals surface area (Å²) in [6.45, 7) is 0. The zero-order valence-electron chi connectivity index (χ0n) is 8.80. The summed E-state index contributed by atoms with van der Waals surface area (Å²) in [5, 5.41) is 10.6. The van der Waals surface area contributed by atoms with E-state index >= 15 is 0 Å². The first-order valence-electron chi connectivity index (χ1n) is 4.41. The third kappa shape index (κ3) is 3.14. The maximum absolute atomic E-state index is 11.3. The van der Waals surface area contributed by atoms with Crippen molar-refractivity contribution in [2.75, 3.05) is 7.11 Å². The zero-order valence-corrected chi connectivity index (χ0v) is 8.80. The van der Waals surface area contributed by atoms with E-state index in [1.165, 1.54) is 12.1 Å². The van der Waals surface area contributed by atoms with Gasteiger partial charge in [0.1, 0.15) is 0 Å². The van der Waals surface area contributed by atoms with Crippen molar-refractivity contribution in [1.29, 1.82) is 0 Å². The lowest BCUT2D eigenvalue weighted by atomic mass is 10.1. The Bertz CT molecular complexity index is 539. The van der Waals surface area contributed by atoms with Crippen molar-refractivity contribution in [3.05, 3.63) is 39.4 Å². The van der Waals surface area contributed by atoms with Crippen LogP contribution in [0.1, 0.15) is 15.9 Å². The zero-order chi connectivity index (χ0) is 12.8. The molecule has 0 aromatic heterocycles. The van der Waals surface area contributed by atoms with Crippen LogP contribution < -0.4 is 0 Å². The molecule has 0 radical (unpaired) electrons. The van der Waals surface area contributed by atoms with E-state index < -0.39 is 10.9 Å². The van der Waals surface area contributed by atoms with Gasteiger partial charge in [-0.2, -0.15) is 0 Å². The lowest BCUT2D eigenvalue weighted by molar-refractivity contribution is -0.384. The Balaban J connectivity index is 3.32. The predicted octanol–water partition coefficient (Wildman–Crippen LogP) is 0.932. The van der Waals surface area contributed by atoms with Crippen molar-refractivity contribution in [2.24, 2.45) is 0 Å². The molecule has 6 nitrogen and oxygen atoms in total. The first-order chi connectivity index (χ1) is 8.08. The molecule has 1 rings (SSSR count). The Morgan fingerprint density at radius 1 is 1.47 bits per heavy atom. The second-order valence-corrected chi connectivity index (χ2v) is 2.90. The van der Waals surface area contributed by atoms with Crippen molar-refractivity contribution >= 4 is 17.9 Å². The highest BCUT2D eigenvalue weighted by Gasteiger charge is 2.13. The van der Waals surface area contributed by atoms with Crippen molar-refractivity contribution in [3.8, 4) is 11.8 Å². The molecular weight excluding hydrogens is 226 g/mol. The Kier molecular flexibility index (Phi) is 3.95. The van der Waals surface area contributed by atoms with Gasteiger partial charge in [-0.1, -0.05) is 5.92 Å². The van der Waals surface area contributed by atoms with Gasteiger partial charge in [-0.3, -0.25) is 14.9 Å². The highest BCUT2D eigenvalue weighted by Crippen LogP contribution is 2.17. The Morgan fingerprint density at radius 2 is 2.18 bits per heavy atom. The summed E-state index contributed by atoms with van der Waals surface area (Å²) >= 11 is 0. The molecule has 0 saturated carbocycles. The van der Waals surface area contributed by atoms with Crippen LogP contribution in [0.15, 0.2) is 18.2 Å². The van der Waals surface area contributed by atoms with E-state index in [4.69, 9.17) is 0 Å². The largest absolute Gasteiger partial charge is 0.465 e. The minimum absolute atomic E-state index is 0.0110. The topological polar surface area (TPSA) is 86.5 Å². The second kappa shape index (κ2) is 5.42. The summed E-state index contributed by atoms with van der Waals surface area (Å²) in [6.07, 6.45) is 0.358. The number of benzene rings is 1. The molecule has 0 aliphatic carbocycles. The highest BCUT2D eigenvalue weighted by molar-refractivity contribution is 5.90. The molecule has 0 spiro atoms. The molecule has 0 heterocycles. The van der Waals surface area contributed by atoms with Crippen LogP contribution in [0.4, 0.5) is 5.69 Å². The molecule has 0 atom stereocenters. The molecular formula is C11H7NO5. The molecule has 0 aliphatic rings. The molecule has 86 valence electrons. The Morgan fingerprint density at radius 3 is 2.71 bits per heavy atom. The van der Waals surface area contributed by atoms with Gasteiger partial charge in [-0.05, 0) is 12.0 Å². The molecule has 0 amide bonds. The molecule has 0 unspecified atom stereocenters. The maximum atomic E-state index is 11.3. The highest BCUT2D eigenvalue weighted by atomic mass is 16.6. The van der Waals surface area contributed by atoms with Gasteiger partial charge < -0.3 is 4.74 Å². The number of hydrogen-bond acceptors (Lipinski definition) is 5. The summed E-state index contributed by atoms with van der Waals surface area (Å²) in [6, 6.07) is 3.57. The van der Waals surface area contributed by atoms with Crippen molar-refractivity contribution in [2.45, 2.75) is 0 Å². The van der Waals surface area contributed by atoms with Crippen LogP contribution in [0.5, 0.6) is 0 Å². The van der Waals surface area contributed by atoms with Gasteiger partial charge in [0.25, 0.3) is 5.69 Å². The first kappa shape index (κ1) is 12.4. The molecule has 0 bridgehead atoms.